The highest BCUT2D eigenvalue weighted by Crippen LogP contribution is 2.46. The van der Waals surface area contributed by atoms with Gasteiger partial charge < -0.3 is 10.2 Å². The molecule has 76 valence electrons. The van der Waals surface area contributed by atoms with Gasteiger partial charge in [0.15, 0.2) is 0 Å². The molecule has 1 aliphatic carbocycles. The molecule has 3 aliphatic rings. The van der Waals surface area contributed by atoms with Gasteiger partial charge in [0.1, 0.15) is 0 Å². The van der Waals surface area contributed by atoms with E-state index in [1.54, 1.807) is 0 Å². The first-order valence-corrected chi connectivity index (χ1v) is 5.66. The van der Waals surface area contributed by atoms with Crippen LogP contribution in [0.3, 0.4) is 0 Å². The normalized spacial score (nSPS) is 39.4. The van der Waals surface area contributed by atoms with Crippen molar-refractivity contribution >= 4 is 0 Å². The third-order valence-corrected chi connectivity index (χ3v) is 4.08. The Bertz CT molecular complexity index is 265. The van der Waals surface area contributed by atoms with Gasteiger partial charge >= 0.3 is 0 Å². The maximum Gasteiger partial charge on any atom is 0.0703 e. The predicted octanol–water partition coefficient (Wildman–Crippen LogP) is 0.441. The summed E-state index contributed by atoms with van der Waals surface area (Å²) in [5, 5.41) is 12.5. The first kappa shape index (κ1) is 8.70. The second-order valence-electron chi connectivity index (χ2n) is 5.26. The molecular weight excluding hydrogens is 174 g/mol. The minimum Gasteiger partial charge on any atom is -0.316 e. The summed E-state index contributed by atoms with van der Waals surface area (Å²) in [4.78, 5) is 2.52. The molecule has 0 aromatic rings. The van der Waals surface area contributed by atoms with Crippen molar-refractivity contribution in [2.45, 2.75) is 12.8 Å². The van der Waals surface area contributed by atoms with Gasteiger partial charge in [-0.05, 0) is 37.8 Å². The fourth-order valence-electron chi connectivity index (χ4n) is 2.97. The Hall–Kier alpha value is -0.590. The molecule has 3 rings (SSSR count). The van der Waals surface area contributed by atoms with Gasteiger partial charge in [0.05, 0.1) is 11.5 Å². The number of rotatable bonds is 2. The molecule has 0 aromatic carbocycles. The summed E-state index contributed by atoms with van der Waals surface area (Å²) < 4.78 is 0. The number of nitriles is 1. The van der Waals surface area contributed by atoms with Crippen LogP contribution in [0, 0.1) is 28.6 Å². The van der Waals surface area contributed by atoms with Crippen LogP contribution in [-0.4, -0.2) is 37.6 Å². The Kier molecular flexibility index (Phi) is 1.83. The third-order valence-electron chi connectivity index (χ3n) is 4.08. The van der Waals surface area contributed by atoms with Crippen LogP contribution < -0.4 is 5.32 Å². The number of likely N-dealkylation sites (tertiary alicyclic amines) is 1. The molecule has 0 amide bonds. The van der Waals surface area contributed by atoms with Crippen LogP contribution in [0.2, 0.25) is 0 Å². The Morgan fingerprint density at radius 2 is 1.93 bits per heavy atom. The number of fused-ring (bicyclic) bond motifs is 1. The van der Waals surface area contributed by atoms with Crippen molar-refractivity contribution < 1.29 is 0 Å². The van der Waals surface area contributed by atoms with Gasteiger partial charge in [0.2, 0.25) is 0 Å². The van der Waals surface area contributed by atoms with Crippen LogP contribution in [0.25, 0.3) is 0 Å². The van der Waals surface area contributed by atoms with Crippen molar-refractivity contribution in [3.8, 4) is 6.07 Å². The van der Waals surface area contributed by atoms with E-state index in [4.69, 9.17) is 5.26 Å². The standard InChI is InChI=1S/C11H17N3/c12-7-11(1-2-11)8-14-5-9-3-13-4-10(9)6-14/h9-10,13H,1-6,8H2/t9-,10+. The molecule has 0 spiro atoms. The lowest BCUT2D eigenvalue weighted by atomic mass is 10.0. The first-order valence-electron chi connectivity index (χ1n) is 5.66. The quantitative estimate of drug-likeness (QED) is 0.688. The summed E-state index contributed by atoms with van der Waals surface area (Å²) >= 11 is 0. The van der Waals surface area contributed by atoms with E-state index in [0.29, 0.717) is 0 Å². The van der Waals surface area contributed by atoms with E-state index in [1.165, 1.54) is 26.2 Å². The molecule has 0 aromatic heterocycles. The zero-order chi connectivity index (χ0) is 9.60. The van der Waals surface area contributed by atoms with E-state index < -0.39 is 0 Å². The predicted molar refractivity (Wildman–Crippen MR) is 53.6 cm³/mol. The second kappa shape index (κ2) is 2.95. The lowest BCUT2D eigenvalue weighted by Crippen LogP contribution is -2.30. The van der Waals surface area contributed by atoms with E-state index in [-0.39, 0.29) is 5.41 Å². The molecule has 1 N–H and O–H groups in total. The maximum absolute atomic E-state index is 9.03. The van der Waals surface area contributed by atoms with Gasteiger partial charge in [-0.25, -0.2) is 0 Å². The van der Waals surface area contributed by atoms with Crippen LogP contribution in [0.15, 0.2) is 0 Å². The van der Waals surface area contributed by atoms with E-state index >= 15 is 0 Å². The first-order chi connectivity index (χ1) is 6.81. The minimum atomic E-state index is 0.0616. The third kappa shape index (κ3) is 1.34. The average molecular weight is 191 g/mol. The average Bonchev–Trinajstić information content (AvgIpc) is 2.62. The second-order valence-corrected chi connectivity index (χ2v) is 5.26. The van der Waals surface area contributed by atoms with Crippen LogP contribution >= 0.6 is 0 Å². The minimum absolute atomic E-state index is 0.0616. The van der Waals surface area contributed by atoms with Crippen LogP contribution in [-0.2, 0) is 0 Å². The van der Waals surface area contributed by atoms with Crippen molar-refractivity contribution in [1.82, 2.24) is 10.2 Å². The van der Waals surface area contributed by atoms with Crippen LogP contribution in [0.4, 0.5) is 0 Å². The molecule has 2 atom stereocenters. The molecular formula is C11H17N3. The molecule has 2 aliphatic heterocycles. The zero-order valence-corrected chi connectivity index (χ0v) is 8.50. The maximum atomic E-state index is 9.03. The Morgan fingerprint density at radius 1 is 1.29 bits per heavy atom. The van der Waals surface area contributed by atoms with Gasteiger partial charge in [0.25, 0.3) is 0 Å². The topological polar surface area (TPSA) is 39.1 Å². The lowest BCUT2D eigenvalue weighted by Gasteiger charge is -2.19. The molecule has 0 radical (unpaired) electrons. The van der Waals surface area contributed by atoms with Gasteiger partial charge in [-0.3, -0.25) is 0 Å². The summed E-state index contributed by atoms with van der Waals surface area (Å²) in [5.41, 5.74) is 0.0616. The highest BCUT2D eigenvalue weighted by atomic mass is 15.2. The van der Waals surface area contributed by atoms with Gasteiger partial charge in [-0.2, -0.15) is 5.26 Å². The van der Waals surface area contributed by atoms with Crippen molar-refractivity contribution in [1.29, 1.82) is 5.26 Å². The monoisotopic (exact) mass is 191 g/mol. The lowest BCUT2D eigenvalue weighted by molar-refractivity contribution is 0.276. The molecule has 3 heteroatoms. The summed E-state index contributed by atoms with van der Waals surface area (Å²) in [6, 6.07) is 2.49. The molecule has 3 fully saturated rings. The zero-order valence-electron chi connectivity index (χ0n) is 8.50. The molecule has 2 saturated heterocycles. The summed E-state index contributed by atoms with van der Waals surface area (Å²) in [6.07, 6.45) is 2.27. The molecule has 1 saturated carbocycles. The van der Waals surface area contributed by atoms with E-state index in [1.807, 2.05) is 0 Å². The van der Waals surface area contributed by atoms with E-state index in [0.717, 1.165) is 31.2 Å². The fraction of sp³-hybridized carbons (Fsp3) is 0.909. The van der Waals surface area contributed by atoms with Crippen LogP contribution in [0.5, 0.6) is 0 Å². The largest absolute Gasteiger partial charge is 0.316 e. The molecule has 3 nitrogen and oxygen atoms in total. The number of hydrogen-bond acceptors (Lipinski definition) is 3. The van der Waals surface area contributed by atoms with Gasteiger partial charge in [-0.15, -0.1) is 0 Å². The van der Waals surface area contributed by atoms with Crippen molar-refractivity contribution in [2.24, 2.45) is 17.3 Å². The molecule has 2 heterocycles. The van der Waals surface area contributed by atoms with Crippen molar-refractivity contribution in [2.75, 3.05) is 32.7 Å². The van der Waals surface area contributed by atoms with Crippen LogP contribution in [0.1, 0.15) is 12.8 Å². The molecule has 0 unspecified atom stereocenters. The highest BCUT2D eigenvalue weighted by molar-refractivity contribution is 5.12. The van der Waals surface area contributed by atoms with Gasteiger partial charge in [-0.1, -0.05) is 0 Å². The number of hydrogen-bond donors (Lipinski definition) is 1. The Morgan fingerprint density at radius 3 is 2.43 bits per heavy atom. The fourth-order valence-corrected chi connectivity index (χ4v) is 2.97. The Balaban J connectivity index is 1.59. The SMILES string of the molecule is N#CC1(CN2C[C@H]3CNC[C@H]3C2)CC1. The molecule has 14 heavy (non-hydrogen) atoms. The Labute approximate surface area is 85.1 Å². The van der Waals surface area contributed by atoms with Crippen molar-refractivity contribution in [3.05, 3.63) is 0 Å². The summed E-state index contributed by atoms with van der Waals surface area (Å²) in [6.45, 7) is 5.88. The van der Waals surface area contributed by atoms with Crippen molar-refractivity contribution in [3.63, 3.8) is 0 Å². The summed E-state index contributed by atoms with van der Waals surface area (Å²) in [5.74, 6) is 1.73. The summed E-state index contributed by atoms with van der Waals surface area (Å²) in [7, 11) is 0. The van der Waals surface area contributed by atoms with Gasteiger partial charge in [0, 0.05) is 19.6 Å². The van der Waals surface area contributed by atoms with E-state index in [9.17, 15) is 0 Å². The highest BCUT2D eigenvalue weighted by Gasteiger charge is 2.47. The molecule has 0 bridgehead atoms. The number of nitrogens with zero attached hydrogens (tertiary/aromatic N) is 2. The smallest absolute Gasteiger partial charge is 0.0703 e. The van der Waals surface area contributed by atoms with E-state index in [2.05, 4.69) is 16.3 Å². The number of nitrogens with one attached hydrogen (secondary N) is 1.